The number of carbonyl (C=O) groups is 1. The number of nitrogens with two attached hydrogens (primary N) is 1. The van der Waals surface area contributed by atoms with Crippen molar-refractivity contribution in [1.29, 1.82) is 0 Å². The molecule has 0 saturated heterocycles. The second-order valence-corrected chi connectivity index (χ2v) is 5.45. The van der Waals surface area contributed by atoms with Gasteiger partial charge in [-0.3, -0.25) is 4.79 Å². The molecule has 2 rings (SSSR count). The number of hydrogen-bond donors (Lipinski definition) is 3. The summed E-state index contributed by atoms with van der Waals surface area (Å²) in [6.07, 6.45) is 1.05. The fraction of sp³-hybridized carbons (Fsp3) is 0.500. The lowest BCUT2D eigenvalue weighted by Gasteiger charge is -2.23. The molecule has 1 aromatic rings. The number of rotatable bonds is 4. The van der Waals surface area contributed by atoms with E-state index < -0.39 is 0 Å². The third kappa shape index (κ3) is 3.30. The first-order chi connectivity index (χ1) is 8.95. The van der Waals surface area contributed by atoms with E-state index in [-0.39, 0.29) is 12.5 Å². The number of anilines is 3. The molecular formula is C14H21N3O2. The average molecular weight is 263 g/mol. The minimum absolute atomic E-state index is 0.0446. The zero-order valence-electron chi connectivity index (χ0n) is 11.6. The van der Waals surface area contributed by atoms with Crippen molar-refractivity contribution in [3.05, 3.63) is 12.1 Å². The molecule has 1 unspecified atom stereocenters. The van der Waals surface area contributed by atoms with Crippen LogP contribution in [0.15, 0.2) is 12.1 Å². The Morgan fingerprint density at radius 1 is 1.42 bits per heavy atom. The molecular weight excluding hydrogens is 242 g/mol. The van der Waals surface area contributed by atoms with E-state index in [1.807, 2.05) is 6.07 Å². The van der Waals surface area contributed by atoms with Crippen molar-refractivity contribution >= 4 is 23.0 Å². The predicted molar refractivity (Wildman–Crippen MR) is 77.5 cm³/mol. The number of carbonyl (C=O) groups excluding carboxylic acids is 1. The lowest BCUT2D eigenvalue weighted by atomic mass is 10.0. The van der Waals surface area contributed by atoms with Crippen molar-refractivity contribution in [2.75, 3.05) is 23.0 Å². The van der Waals surface area contributed by atoms with Crippen molar-refractivity contribution in [2.45, 2.75) is 33.2 Å². The van der Waals surface area contributed by atoms with Gasteiger partial charge in [-0.1, -0.05) is 13.8 Å². The van der Waals surface area contributed by atoms with E-state index in [0.717, 1.165) is 12.1 Å². The molecule has 1 heterocycles. The first-order valence-corrected chi connectivity index (χ1v) is 6.58. The molecule has 0 saturated carbocycles. The highest BCUT2D eigenvalue weighted by molar-refractivity contribution is 5.97. The summed E-state index contributed by atoms with van der Waals surface area (Å²) in [6.45, 7) is 6.53. The maximum absolute atomic E-state index is 11.3. The maximum atomic E-state index is 11.3. The monoisotopic (exact) mass is 263 g/mol. The van der Waals surface area contributed by atoms with Crippen LogP contribution in [0.1, 0.15) is 27.2 Å². The normalized spacial score (nSPS) is 15.5. The second kappa shape index (κ2) is 5.38. The topological polar surface area (TPSA) is 76.4 Å². The number of benzene rings is 1. The van der Waals surface area contributed by atoms with Crippen LogP contribution in [0.25, 0.3) is 0 Å². The first kappa shape index (κ1) is 13.5. The van der Waals surface area contributed by atoms with Crippen LogP contribution in [-0.4, -0.2) is 18.6 Å². The molecule has 0 fully saturated rings. The van der Waals surface area contributed by atoms with Gasteiger partial charge in [0.25, 0.3) is 5.91 Å². The quantitative estimate of drug-likeness (QED) is 0.729. The number of fused-ring (bicyclic) bond motifs is 1. The summed E-state index contributed by atoms with van der Waals surface area (Å²) in [7, 11) is 0. The van der Waals surface area contributed by atoms with E-state index in [1.165, 1.54) is 0 Å². The molecule has 1 aliphatic rings. The van der Waals surface area contributed by atoms with Gasteiger partial charge >= 0.3 is 0 Å². The Morgan fingerprint density at radius 3 is 2.84 bits per heavy atom. The predicted octanol–water partition coefficient (Wildman–Crippen LogP) is 2.45. The Kier molecular flexibility index (Phi) is 3.83. The van der Waals surface area contributed by atoms with Crippen LogP contribution in [0, 0.1) is 5.92 Å². The third-order valence-corrected chi connectivity index (χ3v) is 3.01. The highest BCUT2D eigenvalue weighted by Gasteiger charge is 2.18. The zero-order chi connectivity index (χ0) is 14.0. The summed E-state index contributed by atoms with van der Waals surface area (Å²) in [6, 6.07) is 3.90. The highest BCUT2D eigenvalue weighted by atomic mass is 16.5. The van der Waals surface area contributed by atoms with Gasteiger partial charge in [0.2, 0.25) is 0 Å². The molecule has 0 aliphatic carbocycles. The van der Waals surface area contributed by atoms with Crippen LogP contribution in [0.5, 0.6) is 5.75 Å². The van der Waals surface area contributed by atoms with E-state index in [2.05, 4.69) is 31.4 Å². The summed E-state index contributed by atoms with van der Waals surface area (Å²) in [5.41, 5.74) is 8.14. The molecule has 0 bridgehead atoms. The van der Waals surface area contributed by atoms with Gasteiger partial charge in [-0.2, -0.15) is 0 Å². The summed E-state index contributed by atoms with van der Waals surface area (Å²) in [5, 5.41) is 6.16. The minimum Gasteiger partial charge on any atom is -0.482 e. The fourth-order valence-electron chi connectivity index (χ4n) is 2.30. The van der Waals surface area contributed by atoms with Crippen LogP contribution >= 0.6 is 0 Å². The van der Waals surface area contributed by atoms with Gasteiger partial charge in [0.1, 0.15) is 5.75 Å². The summed E-state index contributed by atoms with van der Waals surface area (Å²) < 4.78 is 5.32. The molecule has 1 aliphatic heterocycles. The molecule has 104 valence electrons. The molecule has 4 N–H and O–H groups in total. The van der Waals surface area contributed by atoms with Crippen LogP contribution in [0.4, 0.5) is 17.1 Å². The average Bonchev–Trinajstić information content (AvgIpc) is 2.29. The maximum Gasteiger partial charge on any atom is 0.262 e. The van der Waals surface area contributed by atoms with Gasteiger partial charge in [-0.15, -0.1) is 0 Å². The Balaban J connectivity index is 2.17. The number of amides is 1. The zero-order valence-corrected chi connectivity index (χ0v) is 11.6. The van der Waals surface area contributed by atoms with Crippen LogP contribution < -0.4 is 21.1 Å². The second-order valence-electron chi connectivity index (χ2n) is 5.45. The van der Waals surface area contributed by atoms with Crippen molar-refractivity contribution in [3.63, 3.8) is 0 Å². The lowest BCUT2D eigenvalue weighted by Crippen LogP contribution is -2.26. The Bertz CT molecular complexity index is 486. The number of nitrogens with one attached hydrogen (secondary N) is 2. The van der Waals surface area contributed by atoms with E-state index in [1.54, 1.807) is 6.07 Å². The molecule has 0 radical (unpaired) electrons. The molecule has 1 atom stereocenters. The largest absolute Gasteiger partial charge is 0.482 e. The summed E-state index contributed by atoms with van der Waals surface area (Å²) >= 11 is 0. The van der Waals surface area contributed by atoms with Gasteiger partial charge in [0, 0.05) is 12.1 Å². The SMILES string of the molecule is CC(C)CC(C)Nc1cc2c(cc1N)OCC(=O)N2. The van der Waals surface area contributed by atoms with E-state index in [9.17, 15) is 4.79 Å². The molecule has 19 heavy (non-hydrogen) atoms. The Hall–Kier alpha value is -1.91. The lowest BCUT2D eigenvalue weighted by molar-refractivity contribution is -0.118. The van der Waals surface area contributed by atoms with Gasteiger partial charge in [0.15, 0.2) is 6.61 Å². The van der Waals surface area contributed by atoms with Gasteiger partial charge in [0.05, 0.1) is 17.1 Å². The number of nitrogen functional groups attached to an aromatic ring is 1. The van der Waals surface area contributed by atoms with Gasteiger partial charge in [-0.05, 0) is 25.3 Å². The molecule has 1 amide bonds. The van der Waals surface area contributed by atoms with Gasteiger partial charge < -0.3 is 21.1 Å². The molecule has 0 spiro atoms. The van der Waals surface area contributed by atoms with E-state index in [0.29, 0.717) is 29.1 Å². The van der Waals surface area contributed by atoms with E-state index >= 15 is 0 Å². The number of hydrogen-bond acceptors (Lipinski definition) is 4. The minimum atomic E-state index is -0.140. The van der Waals surface area contributed by atoms with Crippen LogP contribution in [-0.2, 0) is 4.79 Å². The van der Waals surface area contributed by atoms with Crippen molar-refractivity contribution in [3.8, 4) is 5.75 Å². The molecule has 0 aromatic heterocycles. The third-order valence-electron chi connectivity index (χ3n) is 3.01. The van der Waals surface area contributed by atoms with E-state index in [4.69, 9.17) is 10.5 Å². The standard InChI is InChI=1S/C14H21N3O2/c1-8(2)4-9(3)16-11-6-12-13(5-10(11)15)19-7-14(18)17-12/h5-6,8-9,16H,4,7,15H2,1-3H3,(H,17,18). The van der Waals surface area contributed by atoms with Crippen LogP contribution in [0.3, 0.4) is 0 Å². The molecule has 5 nitrogen and oxygen atoms in total. The molecule has 1 aromatic carbocycles. The van der Waals surface area contributed by atoms with Crippen LogP contribution in [0.2, 0.25) is 0 Å². The smallest absolute Gasteiger partial charge is 0.262 e. The summed E-state index contributed by atoms with van der Waals surface area (Å²) in [5.74, 6) is 1.10. The number of ether oxygens (including phenoxy) is 1. The highest BCUT2D eigenvalue weighted by Crippen LogP contribution is 2.35. The van der Waals surface area contributed by atoms with Crippen molar-refractivity contribution in [1.82, 2.24) is 0 Å². The summed E-state index contributed by atoms with van der Waals surface area (Å²) in [4.78, 5) is 11.3. The van der Waals surface area contributed by atoms with Crippen molar-refractivity contribution < 1.29 is 9.53 Å². The fourth-order valence-corrected chi connectivity index (χ4v) is 2.30. The first-order valence-electron chi connectivity index (χ1n) is 6.58. The Labute approximate surface area is 113 Å². The molecule has 5 heteroatoms. The van der Waals surface area contributed by atoms with Crippen molar-refractivity contribution in [2.24, 2.45) is 5.92 Å². The Morgan fingerprint density at radius 2 is 2.16 bits per heavy atom. The van der Waals surface area contributed by atoms with Gasteiger partial charge in [-0.25, -0.2) is 0 Å².